The molecule has 0 saturated carbocycles. The number of fused-ring (bicyclic) bond motifs is 1. The van der Waals surface area contributed by atoms with Gasteiger partial charge in [-0.3, -0.25) is 4.99 Å². The normalized spacial score (nSPS) is 14.9. The Morgan fingerprint density at radius 1 is 1.16 bits per heavy atom. The van der Waals surface area contributed by atoms with Crippen molar-refractivity contribution in [2.45, 2.75) is 26.7 Å². The summed E-state index contributed by atoms with van der Waals surface area (Å²) in [6, 6.07) is 5.10. The first-order valence-corrected chi connectivity index (χ1v) is 10.4. The Morgan fingerprint density at radius 2 is 1.90 bits per heavy atom. The van der Waals surface area contributed by atoms with Gasteiger partial charge in [0.2, 0.25) is 0 Å². The molecule has 0 aromatic heterocycles. The van der Waals surface area contributed by atoms with Crippen molar-refractivity contribution < 1.29 is 18.4 Å². The molecule has 9 heteroatoms. The van der Waals surface area contributed by atoms with Crippen LogP contribution in [0.2, 0.25) is 5.02 Å². The average molecular weight is 453 g/mol. The van der Waals surface area contributed by atoms with Crippen molar-refractivity contribution in [1.82, 2.24) is 4.90 Å². The van der Waals surface area contributed by atoms with Gasteiger partial charge < -0.3 is 15.4 Å². The largest absolute Gasteiger partial charge is 0.411 e. The van der Waals surface area contributed by atoms with Gasteiger partial charge >= 0.3 is 0 Å². The summed E-state index contributed by atoms with van der Waals surface area (Å²) in [4.78, 5) is 6.70. The van der Waals surface area contributed by atoms with Crippen molar-refractivity contribution in [3.05, 3.63) is 63.4 Å². The lowest BCUT2D eigenvalue weighted by Crippen LogP contribution is -2.26. The Bertz CT molecular complexity index is 1020. The van der Waals surface area contributed by atoms with Gasteiger partial charge in [0.15, 0.2) is 11.6 Å². The molecule has 1 aliphatic rings. The molecular formula is C22H24ClF3N4O. The van der Waals surface area contributed by atoms with Crippen LogP contribution >= 0.6 is 11.6 Å². The molecule has 166 valence electrons. The average Bonchev–Trinajstić information content (AvgIpc) is 3.19. The second-order valence-corrected chi connectivity index (χ2v) is 7.61. The molecule has 0 saturated heterocycles. The van der Waals surface area contributed by atoms with E-state index in [9.17, 15) is 18.4 Å². The second-order valence-electron chi connectivity index (χ2n) is 7.20. The molecule has 0 bridgehead atoms. The molecular weight excluding hydrogens is 429 g/mol. The number of benzene rings is 2. The third-order valence-corrected chi connectivity index (χ3v) is 5.63. The zero-order valence-corrected chi connectivity index (χ0v) is 18.1. The van der Waals surface area contributed by atoms with Crippen molar-refractivity contribution in [1.29, 1.82) is 0 Å². The maximum atomic E-state index is 14.4. The molecule has 5 nitrogen and oxygen atoms in total. The van der Waals surface area contributed by atoms with E-state index in [1.807, 2.05) is 0 Å². The molecule has 31 heavy (non-hydrogen) atoms. The minimum atomic E-state index is -1.07. The van der Waals surface area contributed by atoms with Gasteiger partial charge in [0, 0.05) is 24.9 Å². The number of anilines is 1. The zero-order valence-electron chi connectivity index (χ0n) is 17.4. The number of nitrogens with one attached hydrogen (secondary N) is 1. The molecule has 0 aliphatic carbocycles. The third-order valence-electron chi connectivity index (χ3n) is 5.34. The molecule has 2 aromatic carbocycles. The lowest BCUT2D eigenvalue weighted by Gasteiger charge is -2.16. The summed E-state index contributed by atoms with van der Waals surface area (Å²) in [5.74, 6) is -2.12. The van der Waals surface area contributed by atoms with Gasteiger partial charge in [-0.2, -0.15) is 0 Å². The minimum absolute atomic E-state index is 0.00474. The predicted molar refractivity (Wildman–Crippen MR) is 117 cm³/mol. The smallest absolute Gasteiger partial charge is 0.182 e. The fourth-order valence-electron chi connectivity index (χ4n) is 3.58. The van der Waals surface area contributed by atoms with Crippen molar-refractivity contribution in [2.75, 3.05) is 31.5 Å². The number of rotatable bonds is 8. The van der Waals surface area contributed by atoms with E-state index >= 15 is 0 Å². The molecule has 1 heterocycles. The number of likely N-dealkylation sites (N-methyl/N-ethyl adjacent to an activating group) is 1. The Labute approximate surface area is 184 Å². The van der Waals surface area contributed by atoms with Crippen molar-refractivity contribution in [2.24, 2.45) is 10.1 Å². The van der Waals surface area contributed by atoms with E-state index in [4.69, 9.17) is 11.6 Å². The van der Waals surface area contributed by atoms with E-state index < -0.39 is 17.5 Å². The Morgan fingerprint density at radius 3 is 2.55 bits per heavy atom. The molecule has 0 radical (unpaired) electrons. The van der Waals surface area contributed by atoms with Gasteiger partial charge in [-0.25, -0.2) is 13.2 Å². The molecule has 3 rings (SSSR count). The molecule has 0 amide bonds. The summed E-state index contributed by atoms with van der Waals surface area (Å²) in [6.45, 7) is 7.22. The quantitative estimate of drug-likeness (QED) is 0.341. The Balaban J connectivity index is 1.87. The fraction of sp³-hybridized carbons (Fsp3) is 0.364. The lowest BCUT2D eigenvalue weighted by molar-refractivity contribution is 0.313. The number of aliphatic imine (C=N–C) groups is 1. The van der Waals surface area contributed by atoms with E-state index in [1.165, 1.54) is 18.2 Å². The summed E-state index contributed by atoms with van der Waals surface area (Å²) < 4.78 is 42.2. The Kier molecular flexibility index (Phi) is 7.56. The number of nitrogens with zero attached hydrogens (tertiary/aromatic N) is 3. The number of halogens is 4. The van der Waals surface area contributed by atoms with Crippen LogP contribution in [0.4, 0.5) is 18.9 Å². The maximum Gasteiger partial charge on any atom is 0.182 e. The molecule has 2 aromatic rings. The molecule has 0 fully saturated rings. The standard InChI is InChI=1S/C22H24ClF3N4O/c1-3-30(4-2)8-7-27-20-12-15-14(11-18(25)21(26)22(15)28-20)19(29-31)10-13-5-6-17(24)16(23)9-13/h5-6,9,11,31H,3-4,7-8,10,12H2,1-2H3,(H,27,28)/b29-19+. The molecule has 1 aliphatic heterocycles. The SMILES string of the molecule is CCN(CC)CCN=C1Cc2c(/C(Cc3ccc(F)c(Cl)c3)=N/O)cc(F)c(F)c2N1. The number of oxime groups is 1. The highest BCUT2D eigenvalue weighted by atomic mass is 35.5. The first-order valence-electron chi connectivity index (χ1n) is 10.1. The molecule has 0 atom stereocenters. The summed E-state index contributed by atoms with van der Waals surface area (Å²) >= 11 is 5.82. The topological polar surface area (TPSA) is 60.2 Å². The van der Waals surface area contributed by atoms with E-state index in [0.29, 0.717) is 23.5 Å². The van der Waals surface area contributed by atoms with Crippen molar-refractivity contribution in [3.8, 4) is 0 Å². The van der Waals surface area contributed by atoms with Gasteiger partial charge in [-0.05, 0) is 42.4 Å². The lowest BCUT2D eigenvalue weighted by atomic mass is 9.95. The molecule has 0 unspecified atom stereocenters. The minimum Gasteiger partial charge on any atom is -0.411 e. The van der Waals surface area contributed by atoms with Crippen molar-refractivity contribution in [3.63, 3.8) is 0 Å². The van der Waals surface area contributed by atoms with Crippen LogP contribution in [-0.2, 0) is 12.8 Å². The van der Waals surface area contributed by atoms with Gasteiger partial charge in [-0.1, -0.05) is 36.7 Å². The van der Waals surface area contributed by atoms with E-state index in [0.717, 1.165) is 25.7 Å². The third kappa shape index (κ3) is 5.19. The van der Waals surface area contributed by atoms with Crippen LogP contribution in [0.3, 0.4) is 0 Å². The molecule has 0 spiro atoms. The highest BCUT2D eigenvalue weighted by Gasteiger charge is 2.28. The molecule has 2 N–H and O–H groups in total. The predicted octanol–water partition coefficient (Wildman–Crippen LogP) is 4.89. The maximum absolute atomic E-state index is 14.4. The highest BCUT2D eigenvalue weighted by molar-refractivity contribution is 6.30. The van der Waals surface area contributed by atoms with E-state index in [2.05, 4.69) is 34.2 Å². The first-order chi connectivity index (χ1) is 14.9. The van der Waals surface area contributed by atoms with E-state index in [1.54, 1.807) is 0 Å². The van der Waals surface area contributed by atoms with Gasteiger partial charge in [0.1, 0.15) is 11.7 Å². The summed E-state index contributed by atoms with van der Waals surface area (Å²) in [7, 11) is 0. The summed E-state index contributed by atoms with van der Waals surface area (Å²) in [5, 5.41) is 15.7. The monoisotopic (exact) mass is 452 g/mol. The van der Waals surface area contributed by atoms with Crippen LogP contribution in [-0.4, -0.2) is 47.8 Å². The number of amidine groups is 1. The fourth-order valence-corrected chi connectivity index (χ4v) is 3.78. The first kappa shape index (κ1) is 23.1. The van der Waals surface area contributed by atoms with Crippen LogP contribution in [0.1, 0.15) is 30.5 Å². The van der Waals surface area contributed by atoms with Crippen LogP contribution in [0, 0.1) is 17.5 Å². The summed E-state index contributed by atoms with van der Waals surface area (Å²) in [5.41, 5.74) is 1.40. The van der Waals surface area contributed by atoms with Gasteiger partial charge in [0.05, 0.1) is 23.0 Å². The van der Waals surface area contributed by atoms with Crippen LogP contribution < -0.4 is 5.32 Å². The van der Waals surface area contributed by atoms with Gasteiger partial charge in [-0.15, -0.1) is 0 Å². The summed E-state index contributed by atoms with van der Waals surface area (Å²) in [6.07, 6.45) is 0.311. The second kappa shape index (κ2) is 10.2. The van der Waals surface area contributed by atoms with Crippen LogP contribution in [0.15, 0.2) is 34.4 Å². The Hall–Kier alpha value is -2.58. The number of hydrogen-bond donors (Lipinski definition) is 2. The van der Waals surface area contributed by atoms with Crippen LogP contribution in [0.5, 0.6) is 0 Å². The van der Waals surface area contributed by atoms with Gasteiger partial charge in [0.25, 0.3) is 0 Å². The zero-order chi connectivity index (χ0) is 22.5. The van der Waals surface area contributed by atoms with Crippen molar-refractivity contribution >= 4 is 28.8 Å². The van der Waals surface area contributed by atoms with E-state index in [-0.39, 0.29) is 34.8 Å². The van der Waals surface area contributed by atoms with Crippen LogP contribution in [0.25, 0.3) is 0 Å². The number of hydrogen-bond acceptors (Lipinski definition) is 4. The highest BCUT2D eigenvalue weighted by Crippen LogP contribution is 2.33.